The second kappa shape index (κ2) is 6.73. The van der Waals surface area contributed by atoms with Crippen LogP contribution in [0.5, 0.6) is 0 Å². The fourth-order valence-electron chi connectivity index (χ4n) is 1.38. The van der Waals surface area contributed by atoms with Crippen LogP contribution in [0, 0.1) is 0 Å². The number of carbonyl (C=O) groups is 2. The molecule has 0 spiro atoms. The highest BCUT2D eigenvalue weighted by molar-refractivity contribution is 5.92. The molecule has 0 aliphatic heterocycles. The number of H-pyrrole nitrogens is 1. The SMILES string of the molecule is CCOC(=O)CN(CC)C(=O)c1n[nH]c(CC)n1. The second-order valence-electron chi connectivity index (χ2n) is 3.58. The van der Waals surface area contributed by atoms with Crippen molar-refractivity contribution in [2.75, 3.05) is 19.7 Å². The number of carbonyl (C=O) groups excluding carboxylic acids is 2. The average molecular weight is 254 g/mol. The normalized spacial score (nSPS) is 10.2. The molecule has 0 bridgehead atoms. The summed E-state index contributed by atoms with van der Waals surface area (Å²) in [4.78, 5) is 28.8. The first-order chi connectivity index (χ1) is 8.62. The van der Waals surface area contributed by atoms with E-state index in [9.17, 15) is 9.59 Å². The lowest BCUT2D eigenvalue weighted by molar-refractivity contribution is -0.143. The third-order valence-corrected chi connectivity index (χ3v) is 2.35. The zero-order chi connectivity index (χ0) is 13.5. The van der Waals surface area contributed by atoms with Gasteiger partial charge in [-0.2, -0.15) is 0 Å². The maximum absolute atomic E-state index is 12.0. The van der Waals surface area contributed by atoms with Crippen molar-refractivity contribution in [2.24, 2.45) is 0 Å². The number of amides is 1. The number of hydrogen-bond donors (Lipinski definition) is 1. The molecule has 1 aromatic heterocycles. The summed E-state index contributed by atoms with van der Waals surface area (Å²) in [5, 5.41) is 6.50. The predicted molar refractivity (Wildman–Crippen MR) is 64.0 cm³/mol. The van der Waals surface area contributed by atoms with E-state index in [-0.39, 0.29) is 18.3 Å². The van der Waals surface area contributed by atoms with Crippen LogP contribution in [-0.4, -0.2) is 51.7 Å². The molecule has 1 rings (SSSR count). The van der Waals surface area contributed by atoms with Crippen molar-refractivity contribution >= 4 is 11.9 Å². The van der Waals surface area contributed by atoms with Gasteiger partial charge in [-0.25, -0.2) is 4.98 Å². The Morgan fingerprint density at radius 1 is 1.33 bits per heavy atom. The van der Waals surface area contributed by atoms with Crippen LogP contribution in [0.2, 0.25) is 0 Å². The molecule has 1 N–H and O–H groups in total. The maximum Gasteiger partial charge on any atom is 0.325 e. The van der Waals surface area contributed by atoms with Gasteiger partial charge in [0, 0.05) is 13.0 Å². The van der Waals surface area contributed by atoms with Crippen molar-refractivity contribution in [1.29, 1.82) is 0 Å². The van der Waals surface area contributed by atoms with E-state index in [0.717, 1.165) is 0 Å². The van der Waals surface area contributed by atoms with E-state index in [1.165, 1.54) is 4.90 Å². The predicted octanol–water partition coefficient (Wildman–Crippen LogP) is 0.392. The maximum atomic E-state index is 12.0. The third-order valence-electron chi connectivity index (χ3n) is 2.35. The molecule has 7 heteroatoms. The Labute approximate surface area is 106 Å². The van der Waals surface area contributed by atoms with Gasteiger partial charge in [-0.15, -0.1) is 5.10 Å². The average Bonchev–Trinajstić information content (AvgIpc) is 2.84. The molecule has 7 nitrogen and oxygen atoms in total. The van der Waals surface area contributed by atoms with Crippen molar-refractivity contribution in [3.8, 4) is 0 Å². The lowest BCUT2D eigenvalue weighted by atomic mass is 10.4. The van der Waals surface area contributed by atoms with Gasteiger partial charge in [0.2, 0.25) is 5.82 Å². The first kappa shape index (κ1) is 14.1. The van der Waals surface area contributed by atoms with Gasteiger partial charge < -0.3 is 9.64 Å². The number of nitrogens with zero attached hydrogens (tertiary/aromatic N) is 3. The van der Waals surface area contributed by atoms with Gasteiger partial charge in [-0.05, 0) is 13.8 Å². The molecular weight excluding hydrogens is 236 g/mol. The van der Waals surface area contributed by atoms with Gasteiger partial charge in [0.1, 0.15) is 12.4 Å². The van der Waals surface area contributed by atoms with E-state index in [0.29, 0.717) is 25.4 Å². The van der Waals surface area contributed by atoms with Crippen LogP contribution < -0.4 is 0 Å². The Kier molecular flexibility index (Phi) is 5.29. The van der Waals surface area contributed by atoms with Crippen LogP contribution in [0.3, 0.4) is 0 Å². The fourth-order valence-corrected chi connectivity index (χ4v) is 1.38. The molecule has 0 saturated heterocycles. The topological polar surface area (TPSA) is 88.2 Å². The lowest BCUT2D eigenvalue weighted by Gasteiger charge is -2.17. The summed E-state index contributed by atoms with van der Waals surface area (Å²) < 4.78 is 4.81. The van der Waals surface area contributed by atoms with Gasteiger partial charge in [-0.1, -0.05) is 6.92 Å². The lowest BCUT2D eigenvalue weighted by Crippen LogP contribution is -2.36. The minimum atomic E-state index is -0.432. The van der Waals surface area contributed by atoms with Crippen molar-refractivity contribution in [3.05, 3.63) is 11.6 Å². The summed E-state index contributed by atoms with van der Waals surface area (Å²) in [7, 11) is 0. The minimum Gasteiger partial charge on any atom is -0.465 e. The van der Waals surface area contributed by atoms with E-state index < -0.39 is 5.97 Å². The second-order valence-corrected chi connectivity index (χ2v) is 3.58. The molecule has 1 aromatic rings. The smallest absolute Gasteiger partial charge is 0.325 e. The molecule has 1 heterocycles. The number of aromatic nitrogens is 3. The van der Waals surface area contributed by atoms with Crippen LogP contribution in [0.1, 0.15) is 37.2 Å². The Balaban J connectivity index is 2.69. The summed E-state index contributed by atoms with van der Waals surface area (Å²) in [6, 6.07) is 0. The molecule has 0 aromatic carbocycles. The standard InChI is InChI=1S/C11H18N4O3/c1-4-8-12-10(14-13-8)11(17)15(5-2)7-9(16)18-6-3/h4-7H2,1-3H3,(H,12,13,14). The molecule has 1 amide bonds. The zero-order valence-electron chi connectivity index (χ0n) is 10.9. The van der Waals surface area contributed by atoms with Crippen LogP contribution >= 0.6 is 0 Å². The van der Waals surface area contributed by atoms with Crippen molar-refractivity contribution in [3.63, 3.8) is 0 Å². The highest BCUT2D eigenvalue weighted by Gasteiger charge is 2.21. The summed E-state index contributed by atoms with van der Waals surface area (Å²) in [5.74, 6) is -0.0796. The molecule has 0 aliphatic rings. The molecule has 0 atom stereocenters. The summed E-state index contributed by atoms with van der Waals surface area (Å²) >= 11 is 0. The number of ether oxygens (including phenoxy) is 1. The van der Waals surface area contributed by atoms with Crippen molar-refractivity contribution in [2.45, 2.75) is 27.2 Å². The van der Waals surface area contributed by atoms with Crippen LogP contribution in [0.4, 0.5) is 0 Å². The van der Waals surface area contributed by atoms with E-state index in [1.54, 1.807) is 13.8 Å². The van der Waals surface area contributed by atoms with E-state index >= 15 is 0 Å². The monoisotopic (exact) mass is 254 g/mol. The first-order valence-electron chi connectivity index (χ1n) is 5.98. The highest BCUT2D eigenvalue weighted by atomic mass is 16.5. The van der Waals surface area contributed by atoms with Crippen LogP contribution in [0.15, 0.2) is 0 Å². The largest absolute Gasteiger partial charge is 0.465 e. The van der Waals surface area contributed by atoms with E-state index in [4.69, 9.17) is 4.74 Å². The quantitative estimate of drug-likeness (QED) is 0.742. The highest BCUT2D eigenvalue weighted by Crippen LogP contribution is 2.01. The summed E-state index contributed by atoms with van der Waals surface area (Å²) in [6.07, 6.45) is 0.671. The summed E-state index contributed by atoms with van der Waals surface area (Å²) in [6.45, 7) is 6.02. The van der Waals surface area contributed by atoms with Gasteiger partial charge >= 0.3 is 5.97 Å². The van der Waals surface area contributed by atoms with Gasteiger partial charge in [0.15, 0.2) is 0 Å². The van der Waals surface area contributed by atoms with Gasteiger partial charge in [0.05, 0.1) is 6.61 Å². The van der Waals surface area contributed by atoms with E-state index in [1.807, 2.05) is 6.92 Å². The van der Waals surface area contributed by atoms with Crippen LogP contribution in [-0.2, 0) is 16.0 Å². The van der Waals surface area contributed by atoms with Gasteiger partial charge in [0.25, 0.3) is 5.91 Å². The van der Waals surface area contributed by atoms with Gasteiger partial charge in [-0.3, -0.25) is 14.7 Å². The number of aryl methyl sites for hydroxylation is 1. The Bertz CT molecular complexity index is 416. The molecule has 18 heavy (non-hydrogen) atoms. The number of hydrogen-bond acceptors (Lipinski definition) is 5. The number of nitrogens with one attached hydrogen (secondary N) is 1. The number of aromatic amines is 1. The third kappa shape index (κ3) is 3.54. The zero-order valence-corrected chi connectivity index (χ0v) is 10.9. The Morgan fingerprint density at radius 2 is 2.06 bits per heavy atom. The minimum absolute atomic E-state index is 0.0815. The molecule has 0 radical (unpaired) electrons. The fraction of sp³-hybridized carbons (Fsp3) is 0.636. The molecule has 0 unspecified atom stereocenters. The number of likely N-dealkylation sites (N-methyl/N-ethyl adjacent to an activating group) is 1. The Hall–Kier alpha value is -1.92. The van der Waals surface area contributed by atoms with Crippen LogP contribution in [0.25, 0.3) is 0 Å². The first-order valence-corrected chi connectivity index (χ1v) is 5.98. The molecule has 0 fully saturated rings. The molecular formula is C11H18N4O3. The van der Waals surface area contributed by atoms with Crippen molar-refractivity contribution in [1.82, 2.24) is 20.1 Å². The van der Waals surface area contributed by atoms with E-state index in [2.05, 4.69) is 15.2 Å². The van der Waals surface area contributed by atoms with Crippen molar-refractivity contribution < 1.29 is 14.3 Å². The number of rotatable bonds is 6. The number of esters is 1. The molecule has 100 valence electrons. The Morgan fingerprint density at radius 3 is 2.56 bits per heavy atom. The molecule has 0 aliphatic carbocycles. The molecule has 0 saturated carbocycles. The summed E-state index contributed by atoms with van der Waals surface area (Å²) in [5.41, 5.74) is 0.